The molecule has 134 valence electrons. The second kappa shape index (κ2) is 6.98. The van der Waals surface area contributed by atoms with Crippen molar-refractivity contribution in [2.45, 2.75) is 31.9 Å². The molecule has 1 aromatic rings. The van der Waals surface area contributed by atoms with Gasteiger partial charge in [0.2, 0.25) is 0 Å². The lowest BCUT2D eigenvalue weighted by molar-refractivity contribution is -0.145. The van der Waals surface area contributed by atoms with Crippen LogP contribution in [0.5, 0.6) is 5.75 Å². The Hall–Kier alpha value is -2.81. The minimum absolute atomic E-state index is 0.0339. The Kier molecular flexibility index (Phi) is 5.17. The molecule has 9 nitrogen and oxygen atoms in total. The molecule has 0 fully saturated rings. The molecule has 0 radical (unpaired) electrons. The number of fused-ring (bicyclic) bond motifs is 1. The molecule has 2 atom stereocenters. The van der Waals surface area contributed by atoms with Gasteiger partial charge < -0.3 is 25.4 Å². The number of carbonyl (C=O) groups is 4. The van der Waals surface area contributed by atoms with Gasteiger partial charge in [-0.1, -0.05) is 11.6 Å². The van der Waals surface area contributed by atoms with E-state index in [1.807, 2.05) is 5.32 Å². The van der Waals surface area contributed by atoms with E-state index in [9.17, 15) is 24.3 Å². The highest BCUT2D eigenvalue weighted by Gasteiger charge is 2.33. The van der Waals surface area contributed by atoms with Crippen molar-refractivity contribution >= 4 is 35.4 Å². The van der Waals surface area contributed by atoms with Crippen LogP contribution in [0.4, 0.5) is 0 Å². The Bertz CT molecular complexity index is 775. The summed E-state index contributed by atoms with van der Waals surface area (Å²) in [4.78, 5) is 45.9. The van der Waals surface area contributed by atoms with Gasteiger partial charge >= 0.3 is 17.9 Å². The number of halogens is 1. The number of rotatable bonds is 5. The van der Waals surface area contributed by atoms with Crippen molar-refractivity contribution in [3.8, 4) is 5.75 Å². The van der Waals surface area contributed by atoms with Crippen LogP contribution >= 0.6 is 11.6 Å². The molecule has 1 amide bonds. The monoisotopic (exact) mass is 371 g/mol. The van der Waals surface area contributed by atoms with E-state index < -0.39 is 53.7 Å². The number of phenols is 1. The number of hydrogen-bond acceptors (Lipinski definition) is 6. The maximum absolute atomic E-state index is 12.2. The summed E-state index contributed by atoms with van der Waals surface area (Å²) in [6.45, 7) is 1.64. The average Bonchev–Trinajstić information content (AvgIpc) is 2.48. The minimum Gasteiger partial charge on any atom is -0.506 e. The Labute approximate surface area is 146 Å². The van der Waals surface area contributed by atoms with Crippen molar-refractivity contribution in [2.24, 2.45) is 0 Å². The van der Waals surface area contributed by atoms with Gasteiger partial charge in [0.05, 0.1) is 12.0 Å². The molecule has 0 saturated carbocycles. The molecular formula is C15H14ClNO8. The van der Waals surface area contributed by atoms with Gasteiger partial charge in [0, 0.05) is 11.4 Å². The number of benzene rings is 1. The van der Waals surface area contributed by atoms with E-state index in [0.29, 0.717) is 5.56 Å². The number of phenolic OH excluding ortho intramolecular Hbond substituents is 1. The van der Waals surface area contributed by atoms with Gasteiger partial charge in [-0.3, -0.25) is 9.59 Å². The van der Waals surface area contributed by atoms with E-state index in [0.717, 1.165) is 6.07 Å². The Morgan fingerprint density at radius 3 is 2.60 bits per heavy atom. The SMILES string of the molecule is CC1Cc2c(Cl)cc(C(=O)N[C@@H](CC(=O)O)C(=O)O)c(O)c2C(=O)O1. The fourth-order valence-electron chi connectivity index (χ4n) is 2.45. The van der Waals surface area contributed by atoms with Crippen LogP contribution in [0.15, 0.2) is 6.07 Å². The number of ether oxygens (including phenoxy) is 1. The predicted octanol–water partition coefficient (Wildman–Crippen LogP) is 0.805. The van der Waals surface area contributed by atoms with E-state index in [4.69, 9.17) is 26.6 Å². The molecule has 1 heterocycles. The first-order valence-electron chi connectivity index (χ1n) is 7.12. The van der Waals surface area contributed by atoms with Gasteiger partial charge in [0.1, 0.15) is 23.5 Å². The second-order valence-electron chi connectivity index (χ2n) is 5.49. The lowest BCUT2D eigenvalue weighted by Gasteiger charge is -2.24. The first kappa shape index (κ1) is 18.5. The first-order chi connectivity index (χ1) is 11.6. The van der Waals surface area contributed by atoms with E-state index in [-0.39, 0.29) is 17.0 Å². The number of carboxylic acid groups (broad SMARTS) is 2. The van der Waals surface area contributed by atoms with Crippen LogP contribution in [-0.2, 0) is 20.7 Å². The second-order valence-corrected chi connectivity index (χ2v) is 5.90. The van der Waals surface area contributed by atoms with Gasteiger partial charge in [-0.05, 0) is 18.6 Å². The predicted molar refractivity (Wildman–Crippen MR) is 82.8 cm³/mol. The maximum Gasteiger partial charge on any atom is 0.342 e. The standard InChI is InChI=1S/C15H14ClNO8/c1-5-2-6-8(16)3-7(12(20)11(6)15(24)25-5)13(21)17-9(14(22)23)4-10(18)19/h3,5,9,20H,2,4H2,1H3,(H,17,21)(H,18,19)(H,22,23)/t5?,9-/m0/s1. The molecule has 1 unspecified atom stereocenters. The normalized spacial score (nSPS) is 17.2. The van der Waals surface area contributed by atoms with Crippen molar-refractivity contribution in [1.29, 1.82) is 0 Å². The topological polar surface area (TPSA) is 150 Å². The molecule has 4 N–H and O–H groups in total. The van der Waals surface area contributed by atoms with Crippen molar-refractivity contribution in [3.05, 3.63) is 27.8 Å². The quantitative estimate of drug-likeness (QED) is 0.555. The van der Waals surface area contributed by atoms with Gasteiger partial charge in [0.15, 0.2) is 0 Å². The van der Waals surface area contributed by atoms with E-state index >= 15 is 0 Å². The van der Waals surface area contributed by atoms with Gasteiger partial charge in [-0.15, -0.1) is 0 Å². The number of amides is 1. The number of cyclic esters (lactones) is 1. The van der Waals surface area contributed by atoms with Gasteiger partial charge in [0.25, 0.3) is 5.91 Å². The summed E-state index contributed by atoms with van der Waals surface area (Å²) in [5.41, 5.74) is -0.396. The maximum atomic E-state index is 12.2. The van der Waals surface area contributed by atoms with Crippen molar-refractivity contribution in [2.75, 3.05) is 0 Å². The summed E-state index contributed by atoms with van der Waals surface area (Å²) in [6, 6.07) is -0.623. The van der Waals surface area contributed by atoms with Crippen LogP contribution in [0, 0.1) is 0 Å². The zero-order valence-electron chi connectivity index (χ0n) is 12.9. The fraction of sp³-hybridized carbons (Fsp3) is 0.333. The third kappa shape index (κ3) is 3.82. The Morgan fingerprint density at radius 2 is 2.04 bits per heavy atom. The summed E-state index contributed by atoms with van der Waals surface area (Å²) in [5.74, 6) is -5.64. The van der Waals surface area contributed by atoms with Crippen LogP contribution < -0.4 is 5.32 Å². The number of hydrogen-bond donors (Lipinski definition) is 4. The summed E-state index contributed by atoms with van der Waals surface area (Å²) in [6.07, 6.45) is -1.07. The number of esters is 1. The summed E-state index contributed by atoms with van der Waals surface area (Å²) in [7, 11) is 0. The molecule has 0 bridgehead atoms. The highest BCUT2D eigenvalue weighted by molar-refractivity contribution is 6.32. The Balaban J connectivity index is 2.40. The summed E-state index contributed by atoms with van der Waals surface area (Å²) in [5, 5.41) is 29.9. The van der Waals surface area contributed by atoms with E-state index in [2.05, 4.69) is 0 Å². The number of carboxylic acids is 2. The molecule has 25 heavy (non-hydrogen) atoms. The lowest BCUT2D eigenvalue weighted by atomic mass is 9.95. The van der Waals surface area contributed by atoms with Gasteiger partial charge in [-0.2, -0.15) is 0 Å². The molecular weight excluding hydrogens is 358 g/mol. The van der Waals surface area contributed by atoms with Crippen LogP contribution in [0.2, 0.25) is 5.02 Å². The van der Waals surface area contributed by atoms with E-state index in [1.54, 1.807) is 6.92 Å². The largest absolute Gasteiger partial charge is 0.506 e. The molecule has 1 aliphatic heterocycles. The van der Waals surface area contributed by atoms with Crippen molar-refractivity contribution in [1.82, 2.24) is 5.32 Å². The smallest absolute Gasteiger partial charge is 0.342 e. The van der Waals surface area contributed by atoms with Crippen LogP contribution in [-0.4, -0.2) is 51.3 Å². The zero-order chi connectivity index (χ0) is 18.9. The number of aliphatic carboxylic acids is 2. The Morgan fingerprint density at radius 1 is 1.40 bits per heavy atom. The average molecular weight is 372 g/mol. The molecule has 0 spiro atoms. The molecule has 0 aliphatic carbocycles. The molecule has 0 saturated heterocycles. The van der Waals surface area contributed by atoms with E-state index in [1.165, 1.54) is 0 Å². The lowest BCUT2D eigenvalue weighted by Crippen LogP contribution is -2.42. The third-order valence-electron chi connectivity index (χ3n) is 3.58. The highest BCUT2D eigenvalue weighted by Crippen LogP contribution is 2.36. The fourth-order valence-corrected chi connectivity index (χ4v) is 2.73. The molecule has 0 aromatic heterocycles. The highest BCUT2D eigenvalue weighted by atomic mass is 35.5. The molecule has 2 rings (SSSR count). The van der Waals surface area contributed by atoms with Crippen LogP contribution in [0.25, 0.3) is 0 Å². The van der Waals surface area contributed by atoms with Crippen LogP contribution in [0.3, 0.4) is 0 Å². The molecule has 10 heteroatoms. The van der Waals surface area contributed by atoms with Gasteiger partial charge in [-0.25, -0.2) is 9.59 Å². The third-order valence-corrected chi connectivity index (χ3v) is 3.92. The number of carbonyl (C=O) groups excluding carboxylic acids is 2. The van der Waals surface area contributed by atoms with Crippen molar-refractivity contribution < 1.29 is 39.2 Å². The van der Waals surface area contributed by atoms with Crippen LogP contribution in [0.1, 0.15) is 39.6 Å². The minimum atomic E-state index is -1.72. The first-order valence-corrected chi connectivity index (χ1v) is 7.50. The number of aromatic hydroxyl groups is 1. The van der Waals surface area contributed by atoms with Crippen molar-refractivity contribution in [3.63, 3.8) is 0 Å². The molecule has 1 aromatic carbocycles. The molecule has 1 aliphatic rings. The summed E-state index contributed by atoms with van der Waals surface area (Å²) < 4.78 is 4.99. The number of nitrogens with one attached hydrogen (secondary N) is 1. The zero-order valence-corrected chi connectivity index (χ0v) is 13.7. The summed E-state index contributed by atoms with van der Waals surface area (Å²) >= 11 is 6.07.